The van der Waals surface area contributed by atoms with E-state index < -0.39 is 37.3 Å². The molecule has 2 rings (SSSR count). The van der Waals surface area contributed by atoms with Gasteiger partial charge in [-0.3, -0.25) is 0 Å². The van der Waals surface area contributed by atoms with Crippen LogP contribution < -0.4 is 4.74 Å². The molecule has 6 N–H and O–H groups in total. The lowest BCUT2D eigenvalue weighted by molar-refractivity contribution is -0.277. The van der Waals surface area contributed by atoms with Crippen LogP contribution in [0.2, 0.25) is 0 Å². The molecule has 1 aliphatic rings. The predicted octanol–water partition coefficient (Wildman–Crippen LogP) is -0.724. The zero-order chi connectivity index (χ0) is 18.4. The SMILES string of the molecule is OCCCCCc1cc(O)cc(OC2OC(CO)C(O)C(O)C2O)c1. The topological polar surface area (TPSA) is 140 Å². The number of aryl methyl sites for hydroxylation is 1. The van der Waals surface area contributed by atoms with Crippen molar-refractivity contribution in [3.05, 3.63) is 23.8 Å². The molecule has 0 saturated carbocycles. The maximum Gasteiger partial charge on any atom is 0.229 e. The van der Waals surface area contributed by atoms with Gasteiger partial charge in [-0.2, -0.15) is 0 Å². The Morgan fingerprint density at radius 2 is 1.68 bits per heavy atom. The van der Waals surface area contributed by atoms with Crippen molar-refractivity contribution in [1.82, 2.24) is 0 Å². The molecule has 5 atom stereocenters. The minimum Gasteiger partial charge on any atom is -0.508 e. The molecule has 0 bridgehead atoms. The third-order valence-corrected chi connectivity index (χ3v) is 4.18. The summed E-state index contributed by atoms with van der Waals surface area (Å²) in [5.74, 6) is 0.223. The molecule has 1 heterocycles. The molecule has 1 fully saturated rings. The Morgan fingerprint density at radius 1 is 0.920 bits per heavy atom. The number of aromatic hydroxyl groups is 1. The first-order valence-electron chi connectivity index (χ1n) is 8.37. The fraction of sp³-hybridized carbons (Fsp3) is 0.647. The Hall–Kier alpha value is -1.42. The number of phenols is 1. The van der Waals surface area contributed by atoms with E-state index in [1.807, 2.05) is 0 Å². The van der Waals surface area contributed by atoms with Gasteiger partial charge in [0.05, 0.1) is 6.61 Å². The van der Waals surface area contributed by atoms with Crippen LogP contribution in [0.25, 0.3) is 0 Å². The number of ether oxygens (including phenoxy) is 2. The van der Waals surface area contributed by atoms with Gasteiger partial charge >= 0.3 is 0 Å². The summed E-state index contributed by atoms with van der Waals surface area (Å²) >= 11 is 0. The molecule has 8 heteroatoms. The molecule has 5 unspecified atom stereocenters. The summed E-state index contributed by atoms with van der Waals surface area (Å²) in [6, 6.07) is 4.62. The van der Waals surface area contributed by atoms with Gasteiger partial charge < -0.3 is 40.1 Å². The number of unbranched alkanes of at least 4 members (excludes halogenated alkanes) is 2. The van der Waals surface area contributed by atoms with Crippen LogP contribution in [0.15, 0.2) is 18.2 Å². The van der Waals surface area contributed by atoms with Gasteiger partial charge in [-0.1, -0.05) is 6.42 Å². The zero-order valence-corrected chi connectivity index (χ0v) is 13.9. The fourth-order valence-corrected chi connectivity index (χ4v) is 2.77. The Balaban J connectivity index is 2.04. The molecule has 1 aromatic carbocycles. The highest BCUT2D eigenvalue weighted by Crippen LogP contribution is 2.28. The minimum absolute atomic E-state index is 0.0146. The Kier molecular flexibility index (Phi) is 7.42. The van der Waals surface area contributed by atoms with Gasteiger partial charge in [0, 0.05) is 12.7 Å². The number of phenolic OH excluding ortho intramolecular Hbond substituents is 1. The first kappa shape index (κ1) is 19.9. The van der Waals surface area contributed by atoms with Crippen molar-refractivity contribution in [2.45, 2.75) is 56.4 Å². The fourth-order valence-electron chi connectivity index (χ4n) is 2.77. The Bertz CT molecular complexity index is 535. The first-order valence-corrected chi connectivity index (χ1v) is 8.37. The second-order valence-corrected chi connectivity index (χ2v) is 6.18. The quantitative estimate of drug-likeness (QED) is 0.335. The highest BCUT2D eigenvalue weighted by Gasteiger charge is 2.44. The molecule has 0 spiro atoms. The smallest absolute Gasteiger partial charge is 0.229 e. The van der Waals surface area contributed by atoms with Crippen LogP contribution in [0.3, 0.4) is 0 Å². The number of hydrogen-bond acceptors (Lipinski definition) is 8. The van der Waals surface area contributed by atoms with Gasteiger partial charge in [-0.05, 0) is 37.0 Å². The monoisotopic (exact) mass is 358 g/mol. The standard InChI is InChI=1S/C17H26O8/c18-5-3-1-2-4-10-6-11(20)8-12(7-10)24-17-16(23)15(22)14(21)13(9-19)25-17/h6-8,13-23H,1-5,9H2. The molecule has 25 heavy (non-hydrogen) atoms. The summed E-state index contributed by atoms with van der Waals surface area (Å²) in [7, 11) is 0. The number of hydrogen-bond donors (Lipinski definition) is 6. The van der Waals surface area contributed by atoms with Crippen LogP contribution in [-0.2, 0) is 11.2 Å². The molecule has 1 saturated heterocycles. The molecule has 0 radical (unpaired) electrons. The van der Waals surface area contributed by atoms with Gasteiger partial charge in [-0.15, -0.1) is 0 Å². The lowest BCUT2D eigenvalue weighted by Crippen LogP contribution is -2.60. The summed E-state index contributed by atoms with van der Waals surface area (Å²) in [6.45, 7) is -0.396. The summed E-state index contributed by atoms with van der Waals surface area (Å²) in [6.07, 6.45) is -3.74. The lowest BCUT2D eigenvalue weighted by Gasteiger charge is -2.39. The third kappa shape index (κ3) is 5.27. The van der Waals surface area contributed by atoms with E-state index in [0.29, 0.717) is 12.8 Å². The average Bonchev–Trinajstić information content (AvgIpc) is 2.59. The predicted molar refractivity (Wildman–Crippen MR) is 87.1 cm³/mol. The maximum atomic E-state index is 9.99. The first-order chi connectivity index (χ1) is 12.0. The van der Waals surface area contributed by atoms with Gasteiger partial charge in [0.1, 0.15) is 35.9 Å². The van der Waals surface area contributed by atoms with Crippen molar-refractivity contribution in [2.24, 2.45) is 0 Å². The van der Waals surface area contributed by atoms with Crippen molar-refractivity contribution in [3.8, 4) is 11.5 Å². The second kappa shape index (κ2) is 9.33. The van der Waals surface area contributed by atoms with Gasteiger partial charge in [0.15, 0.2) is 0 Å². The third-order valence-electron chi connectivity index (χ3n) is 4.18. The van der Waals surface area contributed by atoms with E-state index in [0.717, 1.165) is 18.4 Å². The molecular weight excluding hydrogens is 332 g/mol. The van der Waals surface area contributed by atoms with Crippen molar-refractivity contribution in [1.29, 1.82) is 0 Å². The van der Waals surface area contributed by atoms with Crippen molar-refractivity contribution in [2.75, 3.05) is 13.2 Å². The van der Waals surface area contributed by atoms with Crippen LogP contribution in [0.4, 0.5) is 0 Å². The van der Waals surface area contributed by atoms with Gasteiger partial charge in [-0.25, -0.2) is 0 Å². The van der Waals surface area contributed by atoms with E-state index in [4.69, 9.17) is 14.6 Å². The van der Waals surface area contributed by atoms with Crippen LogP contribution >= 0.6 is 0 Å². The van der Waals surface area contributed by atoms with E-state index >= 15 is 0 Å². The Morgan fingerprint density at radius 3 is 2.36 bits per heavy atom. The second-order valence-electron chi connectivity index (χ2n) is 6.18. The van der Waals surface area contributed by atoms with E-state index in [1.54, 1.807) is 12.1 Å². The summed E-state index contributed by atoms with van der Waals surface area (Å²) < 4.78 is 10.8. The molecule has 142 valence electrons. The van der Waals surface area contributed by atoms with Crippen molar-refractivity contribution in [3.63, 3.8) is 0 Å². The summed E-state index contributed by atoms with van der Waals surface area (Å²) in [5.41, 5.74) is 0.817. The molecule has 0 aliphatic carbocycles. The molecule has 1 aliphatic heterocycles. The summed E-state index contributed by atoms with van der Waals surface area (Å²) in [5, 5.41) is 57.3. The van der Waals surface area contributed by atoms with E-state index in [9.17, 15) is 25.5 Å². The largest absolute Gasteiger partial charge is 0.508 e. The molecule has 8 nitrogen and oxygen atoms in total. The van der Waals surface area contributed by atoms with E-state index in [2.05, 4.69) is 0 Å². The van der Waals surface area contributed by atoms with Crippen LogP contribution in [-0.4, -0.2) is 74.6 Å². The van der Waals surface area contributed by atoms with Crippen LogP contribution in [0, 0.1) is 0 Å². The van der Waals surface area contributed by atoms with Crippen LogP contribution in [0.5, 0.6) is 11.5 Å². The average molecular weight is 358 g/mol. The van der Waals surface area contributed by atoms with E-state index in [-0.39, 0.29) is 18.1 Å². The van der Waals surface area contributed by atoms with Gasteiger partial charge in [0.25, 0.3) is 0 Å². The number of aliphatic hydroxyl groups excluding tert-OH is 5. The number of aliphatic hydroxyl groups is 5. The molecular formula is C17H26O8. The van der Waals surface area contributed by atoms with E-state index in [1.165, 1.54) is 6.07 Å². The normalized spacial score (nSPS) is 29.6. The minimum atomic E-state index is -1.52. The van der Waals surface area contributed by atoms with Crippen molar-refractivity contribution >= 4 is 0 Å². The highest BCUT2D eigenvalue weighted by atomic mass is 16.7. The highest BCUT2D eigenvalue weighted by molar-refractivity contribution is 5.37. The molecule has 0 amide bonds. The molecule has 1 aromatic rings. The van der Waals surface area contributed by atoms with Gasteiger partial charge in [0.2, 0.25) is 6.29 Å². The maximum absolute atomic E-state index is 9.99. The Labute approximate surface area is 145 Å². The zero-order valence-electron chi connectivity index (χ0n) is 13.9. The number of benzene rings is 1. The number of rotatable bonds is 8. The lowest BCUT2D eigenvalue weighted by atomic mass is 9.99. The van der Waals surface area contributed by atoms with Crippen LogP contribution in [0.1, 0.15) is 24.8 Å². The summed E-state index contributed by atoms with van der Waals surface area (Å²) in [4.78, 5) is 0. The molecule has 0 aromatic heterocycles. The van der Waals surface area contributed by atoms with Crippen molar-refractivity contribution < 1.29 is 40.1 Å².